The molecule has 0 atom stereocenters. The maximum atomic E-state index is 13.0. The number of hydrogen-bond acceptors (Lipinski definition) is 6. The Balaban J connectivity index is 1.71. The topological polar surface area (TPSA) is 79.0 Å². The number of halogens is 1. The summed E-state index contributed by atoms with van der Waals surface area (Å²) in [7, 11) is 1.29. The lowest BCUT2D eigenvalue weighted by Crippen LogP contribution is -2.27. The van der Waals surface area contributed by atoms with Gasteiger partial charge in [0.2, 0.25) is 0 Å². The molecule has 31 heavy (non-hydrogen) atoms. The third-order valence-electron chi connectivity index (χ3n) is 4.81. The Bertz CT molecular complexity index is 1320. The number of rotatable bonds is 6. The Morgan fingerprint density at radius 2 is 1.84 bits per heavy atom. The standard InChI is InChI=1S/C22H19ClN4O3S/c1-14-17(20(23)27(25-14)15-8-4-3-5-9-15)13-31-22-24-18-11-7-6-10-16(18)21(29)26(22)12-19(28)30-2/h3-11H,12-13H2,1-2H3. The normalized spacial score (nSPS) is 11.1. The van der Waals surface area contributed by atoms with Crippen LogP contribution in [-0.2, 0) is 21.8 Å². The first-order valence-electron chi connectivity index (χ1n) is 9.48. The number of aryl methyl sites for hydroxylation is 1. The maximum absolute atomic E-state index is 13.0. The van der Waals surface area contributed by atoms with Crippen LogP contribution in [0, 0.1) is 6.92 Å². The smallest absolute Gasteiger partial charge is 0.325 e. The molecule has 4 aromatic rings. The molecule has 2 aromatic heterocycles. The molecule has 0 aliphatic rings. The molecular formula is C22H19ClN4O3S. The van der Waals surface area contributed by atoms with Crippen molar-refractivity contribution in [3.8, 4) is 5.69 Å². The minimum absolute atomic E-state index is 0.217. The van der Waals surface area contributed by atoms with E-state index in [-0.39, 0.29) is 12.1 Å². The highest BCUT2D eigenvalue weighted by Gasteiger charge is 2.18. The average Bonchev–Trinajstić information content (AvgIpc) is 3.08. The molecule has 0 aliphatic carbocycles. The van der Waals surface area contributed by atoms with Crippen LogP contribution < -0.4 is 5.56 Å². The predicted molar refractivity (Wildman–Crippen MR) is 121 cm³/mol. The van der Waals surface area contributed by atoms with Gasteiger partial charge in [-0.15, -0.1) is 0 Å². The number of hydrogen-bond donors (Lipinski definition) is 0. The second-order valence-corrected chi connectivity index (χ2v) is 8.07. The number of fused-ring (bicyclic) bond motifs is 1. The van der Waals surface area contributed by atoms with Gasteiger partial charge >= 0.3 is 5.97 Å². The van der Waals surface area contributed by atoms with E-state index in [0.717, 1.165) is 16.9 Å². The van der Waals surface area contributed by atoms with E-state index in [1.807, 2.05) is 43.3 Å². The Hall–Kier alpha value is -3.10. The van der Waals surface area contributed by atoms with E-state index in [1.54, 1.807) is 22.9 Å². The zero-order valence-corrected chi connectivity index (χ0v) is 18.5. The first kappa shape index (κ1) is 21.1. The van der Waals surface area contributed by atoms with Gasteiger partial charge in [-0.1, -0.05) is 53.7 Å². The number of thioether (sulfide) groups is 1. The lowest BCUT2D eigenvalue weighted by Gasteiger charge is -2.12. The van der Waals surface area contributed by atoms with Crippen LogP contribution in [0.5, 0.6) is 0 Å². The SMILES string of the molecule is COC(=O)Cn1c(SCc2c(C)nn(-c3ccccc3)c2Cl)nc2ccccc2c1=O. The van der Waals surface area contributed by atoms with Gasteiger partial charge in [0, 0.05) is 11.3 Å². The van der Waals surface area contributed by atoms with Gasteiger partial charge < -0.3 is 4.74 Å². The molecule has 0 unspecified atom stereocenters. The summed E-state index contributed by atoms with van der Waals surface area (Å²) in [5.41, 5.74) is 2.75. The molecule has 0 N–H and O–H groups in total. The van der Waals surface area contributed by atoms with E-state index in [4.69, 9.17) is 16.3 Å². The molecule has 9 heteroatoms. The van der Waals surface area contributed by atoms with Crippen LogP contribution >= 0.6 is 23.4 Å². The first-order valence-corrected chi connectivity index (χ1v) is 10.8. The van der Waals surface area contributed by atoms with Gasteiger partial charge in [0.15, 0.2) is 5.16 Å². The Labute approximate surface area is 187 Å². The van der Waals surface area contributed by atoms with E-state index in [0.29, 0.717) is 27.0 Å². The first-order chi connectivity index (χ1) is 15.0. The second-order valence-electron chi connectivity index (χ2n) is 6.77. The summed E-state index contributed by atoms with van der Waals surface area (Å²) in [6, 6.07) is 16.7. The fraction of sp³-hybridized carbons (Fsp3) is 0.182. The maximum Gasteiger partial charge on any atom is 0.325 e. The Kier molecular flexibility index (Phi) is 6.11. The van der Waals surface area contributed by atoms with Crippen molar-refractivity contribution in [3.05, 3.63) is 81.4 Å². The van der Waals surface area contributed by atoms with Crippen molar-refractivity contribution in [2.75, 3.05) is 7.11 Å². The molecule has 158 valence electrons. The molecule has 2 aromatic carbocycles. The molecule has 0 saturated heterocycles. The largest absolute Gasteiger partial charge is 0.468 e. The summed E-state index contributed by atoms with van der Waals surface area (Å²) < 4.78 is 7.78. The van der Waals surface area contributed by atoms with E-state index < -0.39 is 5.97 Å². The predicted octanol–water partition coefficient (Wildman–Crippen LogP) is 4.01. The number of methoxy groups -OCH3 is 1. The quantitative estimate of drug-likeness (QED) is 0.249. The van der Waals surface area contributed by atoms with Crippen molar-refractivity contribution in [2.45, 2.75) is 24.4 Å². The fourth-order valence-electron chi connectivity index (χ4n) is 3.16. The summed E-state index contributed by atoms with van der Waals surface area (Å²) >= 11 is 7.95. The highest BCUT2D eigenvalue weighted by atomic mass is 35.5. The number of carbonyl (C=O) groups excluding carboxylic acids is 1. The lowest BCUT2D eigenvalue weighted by atomic mass is 10.2. The van der Waals surface area contributed by atoms with Crippen molar-refractivity contribution >= 4 is 40.2 Å². The van der Waals surface area contributed by atoms with Gasteiger partial charge in [0.05, 0.1) is 29.4 Å². The van der Waals surface area contributed by atoms with Gasteiger partial charge in [-0.2, -0.15) is 5.10 Å². The number of aromatic nitrogens is 4. The zero-order chi connectivity index (χ0) is 22.0. The van der Waals surface area contributed by atoms with E-state index >= 15 is 0 Å². The van der Waals surface area contributed by atoms with Crippen LogP contribution in [0.15, 0.2) is 64.5 Å². The van der Waals surface area contributed by atoms with Crippen LogP contribution in [0.4, 0.5) is 0 Å². The number of nitrogens with zero attached hydrogens (tertiary/aromatic N) is 4. The zero-order valence-electron chi connectivity index (χ0n) is 16.9. The number of carbonyl (C=O) groups is 1. The fourth-order valence-corrected chi connectivity index (χ4v) is 4.67. The van der Waals surface area contributed by atoms with Crippen molar-refractivity contribution in [1.82, 2.24) is 19.3 Å². The molecule has 0 fully saturated rings. The summed E-state index contributed by atoms with van der Waals surface area (Å²) in [4.78, 5) is 29.5. The third-order valence-corrected chi connectivity index (χ3v) is 6.20. The van der Waals surface area contributed by atoms with E-state index in [9.17, 15) is 9.59 Å². The number of para-hydroxylation sites is 2. The molecule has 0 bridgehead atoms. The summed E-state index contributed by atoms with van der Waals surface area (Å²) in [6.07, 6.45) is 0. The summed E-state index contributed by atoms with van der Waals surface area (Å²) in [6.45, 7) is 1.67. The second kappa shape index (κ2) is 8.95. The van der Waals surface area contributed by atoms with Gasteiger partial charge in [-0.25, -0.2) is 9.67 Å². The summed E-state index contributed by atoms with van der Waals surface area (Å²) in [5.74, 6) is -0.0872. The van der Waals surface area contributed by atoms with Gasteiger partial charge in [-0.3, -0.25) is 14.2 Å². The molecule has 4 rings (SSSR count). The molecule has 7 nitrogen and oxygen atoms in total. The minimum Gasteiger partial charge on any atom is -0.468 e. The van der Waals surface area contributed by atoms with Crippen LogP contribution in [-0.4, -0.2) is 32.4 Å². The van der Waals surface area contributed by atoms with E-state index in [2.05, 4.69) is 10.1 Å². The summed E-state index contributed by atoms with van der Waals surface area (Å²) in [5, 5.41) is 5.91. The van der Waals surface area contributed by atoms with Gasteiger partial charge in [0.1, 0.15) is 11.7 Å². The number of benzene rings is 2. The minimum atomic E-state index is -0.521. The van der Waals surface area contributed by atoms with Crippen LogP contribution in [0.1, 0.15) is 11.3 Å². The van der Waals surface area contributed by atoms with Gasteiger partial charge in [-0.05, 0) is 31.2 Å². The van der Waals surface area contributed by atoms with Crippen molar-refractivity contribution in [3.63, 3.8) is 0 Å². The average molecular weight is 455 g/mol. The molecule has 0 radical (unpaired) electrons. The Morgan fingerprint density at radius 3 is 2.58 bits per heavy atom. The highest BCUT2D eigenvalue weighted by Crippen LogP contribution is 2.30. The van der Waals surface area contributed by atoms with Crippen molar-refractivity contribution < 1.29 is 9.53 Å². The number of esters is 1. The van der Waals surface area contributed by atoms with Gasteiger partial charge in [0.25, 0.3) is 5.56 Å². The molecule has 0 spiro atoms. The van der Waals surface area contributed by atoms with Crippen LogP contribution in [0.2, 0.25) is 5.15 Å². The highest BCUT2D eigenvalue weighted by molar-refractivity contribution is 7.98. The molecule has 0 amide bonds. The van der Waals surface area contributed by atoms with Crippen molar-refractivity contribution in [1.29, 1.82) is 0 Å². The van der Waals surface area contributed by atoms with Crippen molar-refractivity contribution in [2.24, 2.45) is 0 Å². The van der Waals surface area contributed by atoms with Crippen LogP contribution in [0.25, 0.3) is 16.6 Å². The molecule has 0 aliphatic heterocycles. The number of ether oxygens (including phenoxy) is 1. The van der Waals surface area contributed by atoms with Crippen LogP contribution in [0.3, 0.4) is 0 Å². The Morgan fingerprint density at radius 1 is 1.13 bits per heavy atom. The molecule has 2 heterocycles. The molecular weight excluding hydrogens is 436 g/mol. The van der Waals surface area contributed by atoms with E-state index in [1.165, 1.54) is 23.4 Å². The molecule has 0 saturated carbocycles. The third kappa shape index (κ3) is 4.22. The monoisotopic (exact) mass is 454 g/mol. The lowest BCUT2D eigenvalue weighted by molar-refractivity contribution is -0.141.